The molecule has 5 nitrogen and oxygen atoms in total. The van der Waals surface area contributed by atoms with Crippen LogP contribution in [0.3, 0.4) is 0 Å². The Morgan fingerprint density at radius 3 is 2.16 bits per heavy atom. The van der Waals surface area contributed by atoms with Gasteiger partial charge in [0.2, 0.25) is 15.9 Å². The molecule has 0 unspecified atom stereocenters. The molecule has 25 heavy (non-hydrogen) atoms. The minimum Gasteiger partial charge on any atom is -0.325 e. The van der Waals surface area contributed by atoms with Crippen LogP contribution in [0.25, 0.3) is 0 Å². The van der Waals surface area contributed by atoms with Gasteiger partial charge in [-0.2, -0.15) is 4.31 Å². The Morgan fingerprint density at radius 2 is 1.64 bits per heavy atom. The first kappa shape index (κ1) is 19.6. The first-order valence-electron chi connectivity index (χ1n) is 7.86. The number of carbonyl (C=O) groups is 1. The van der Waals surface area contributed by atoms with Crippen LogP contribution in [-0.2, 0) is 14.8 Å². The summed E-state index contributed by atoms with van der Waals surface area (Å²) in [5.41, 5.74) is 2.73. The molecule has 0 heterocycles. The van der Waals surface area contributed by atoms with E-state index in [1.54, 1.807) is 19.1 Å². The first-order valence-corrected chi connectivity index (χ1v) is 10.1. The molecule has 0 aliphatic rings. The molecule has 0 aliphatic carbocycles. The average molecular weight is 425 g/mol. The number of benzene rings is 2. The molecule has 0 fully saturated rings. The lowest BCUT2D eigenvalue weighted by molar-refractivity contribution is -0.116. The normalized spacial score (nSPS) is 11.6. The molecule has 0 radical (unpaired) electrons. The van der Waals surface area contributed by atoms with Crippen molar-refractivity contribution in [2.75, 3.05) is 18.4 Å². The number of anilines is 1. The number of hydrogen-bond acceptors (Lipinski definition) is 3. The van der Waals surface area contributed by atoms with Crippen molar-refractivity contribution in [2.45, 2.75) is 25.7 Å². The standard InChI is InChI=1S/C18H21BrN2O3S/c1-4-21(25(23,24)17-7-5-15(19)6-8-17)12-18(22)20-16-10-13(2)9-14(3)11-16/h5-11H,4,12H2,1-3H3,(H,20,22). The fourth-order valence-corrected chi connectivity index (χ4v) is 4.20. The molecule has 2 aromatic rings. The number of aryl methyl sites for hydroxylation is 2. The summed E-state index contributed by atoms with van der Waals surface area (Å²) in [6.45, 7) is 5.57. The molecule has 2 rings (SSSR count). The molecule has 0 aliphatic heterocycles. The maximum Gasteiger partial charge on any atom is 0.243 e. The molecule has 0 atom stereocenters. The summed E-state index contributed by atoms with van der Waals surface area (Å²) in [5, 5.41) is 2.77. The molecular formula is C18H21BrN2O3S. The highest BCUT2D eigenvalue weighted by molar-refractivity contribution is 9.10. The lowest BCUT2D eigenvalue weighted by Crippen LogP contribution is -2.37. The predicted molar refractivity (Wildman–Crippen MR) is 103 cm³/mol. The van der Waals surface area contributed by atoms with E-state index in [2.05, 4.69) is 21.2 Å². The van der Waals surface area contributed by atoms with Gasteiger partial charge in [0, 0.05) is 16.7 Å². The maximum absolute atomic E-state index is 12.7. The number of nitrogens with one attached hydrogen (secondary N) is 1. The Balaban J connectivity index is 2.15. The van der Waals surface area contributed by atoms with Gasteiger partial charge < -0.3 is 5.32 Å². The van der Waals surface area contributed by atoms with Crippen molar-refractivity contribution < 1.29 is 13.2 Å². The summed E-state index contributed by atoms with van der Waals surface area (Å²) in [7, 11) is -3.72. The predicted octanol–water partition coefficient (Wildman–Crippen LogP) is 3.72. The van der Waals surface area contributed by atoms with Crippen LogP contribution in [-0.4, -0.2) is 31.7 Å². The second kappa shape index (κ2) is 8.12. The van der Waals surface area contributed by atoms with Gasteiger partial charge in [0.25, 0.3) is 0 Å². The Hall–Kier alpha value is -1.70. The number of carbonyl (C=O) groups excluding carboxylic acids is 1. The van der Waals surface area contributed by atoms with E-state index in [0.717, 1.165) is 19.9 Å². The topological polar surface area (TPSA) is 66.5 Å². The minimum absolute atomic E-state index is 0.164. The van der Waals surface area contributed by atoms with Crippen molar-refractivity contribution in [3.05, 3.63) is 58.1 Å². The van der Waals surface area contributed by atoms with E-state index >= 15 is 0 Å². The molecule has 0 spiro atoms. The first-order chi connectivity index (χ1) is 11.7. The molecule has 0 saturated carbocycles. The van der Waals surface area contributed by atoms with Gasteiger partial charge >= 0.3 is 0 Å². The van der Waals surface area contributed by atoms with E-state index in [4.69, 9.17) is 0 Å². The van der Waals surface area contributed by atoms with Crippen molar-refractivity contribution in [1.82, 2.24) is 4.31 Å². The van der Waals surface area contributed by atoms with Gasteiger partial charge in [-0.3, -0.25) is 4.79 Å². The monoisotopic (exact) mass is 424 g/mol. The fourth-order valence-electron chi connectivity index (χ4n) is 2.53. The zero-order chi connectivity index (χ0) is 18.6. The lowest BCUT2D eigenvalue weighted by atomic mass is 10.1. The maximum atomic E-state index is 12.7. The van der Waals surface area contributed by atoms with Crippen molar-refractivity contribution >= 4 is 37.5 Å². The smallest absolute Gasteiger partial charge is 0.243 e. The van der Waals surface area contributed by atoms with Crippen LogP contribution >= 0.6 is 15.9 Å². The third-order valence-corrected chi connectivity index (χ3v) is 6.09. The highest BCUT2D eigenvalue weighted by Gasteiger charge is 2.25. The molecule has 0 saturated heterocycles. The SMILES string of the molecule is CCN(CC(=O)Nc1cc(C)cc(C)c1)S(=O)(=O)c1ccc(Br)cc1. The largest absolute Gasteiger partial charge is 0.325 e. The number of amides is 1. The summed E-state index contributed by atoms with van der Waals surface area (Å²) in [5.74, 6) is -0.368. The Morgan fingerprint density at radius 1 is 1.08 bits per heavy atom. The highest BCUT2D eigenvalue weighted by atomic mass is 79.9. The molecule has 0 bridgehead atoms. The van der Waals surface area contributed by atoms with Crippen LogP contribution in [0.4, 0.5) is 5.69 Å². The Labute approximate surface area is 157 Å². The summed E-state index contributed by atoms with van der Waals surface area (Å²) >= 11 is 3.28. The van der Waals surface area contributed by atoms with Gasteiger partial charge in [-0.05, 0) is 61.4 Å². The number of halogens is 1. The van der Waals surface area contributed by atoms with Crippen molar-refractivity contribution in [3.63, 3.8) is 0 Å². The van der Waals surface area contributed by atoms with Gasteiger partial charge in [0.1, 0.15) is 0 Å². The van der Waals surface area contributed by atoms with Gasteiger partial charge in [-0.15, -0.1) is 0 Å². The average Bonchev–Trinajstić information content (AvgIpc) is 2.51. The van der Waals surface area contributed by atoms with Gasteiger partial charge in [0.05, 0.1) is 11.4 Å². The number of rotatable bonds is 6. The second-order valence-corrected chi connectivity index (χ2v) is 8.66. The highest BCUT2D eigenvalue weighted by Crippen LogP contribution is 2.19. The Bertz CT molecular complexity index is 844. The van der Waals surface area contributed by atoms with Gasteiger partial charge in [0.15, 0.2) is 0 Å². The van der Waals surface area contributed by atoms with E-state index in [9.17, 15) is 13.2 Å². The fraction of sp³-hybridized carbons (Fsp3) is 0.278. The van der Waals surface area contributed by atoms with Crippen molar-refractivity contribution in [2.24, 2.45) is 0 Å². The minimum atomic E-state index is -3.72. The molecule has 1 amide bonds. The van der Waals surface area contributed by atoms with Crippen molar-refractivity contribution in [3.8, 4) is 0 Å². The van der Waals surface area contributed by atoms with Crippen LogP contribution in [0.1, 0.15) is 18.1 Å². The molecule has 7 heteroatoms. The molecular weight excluding hydrogens is 404 g/mol. The number of sulfonamides is 1. The summed E-state index contributed by atoms with van der Waals surface area (Å²) < 4.78 is 27.4. The zero-order valence-corrected chi connectivity index (χ0v) is 16.8. The van der Waals surface area contributed by atoms with E-state index in [1.165, 1.54) is 12.1 Å². The molecule has 0 aromatic heterocycles. The summed E-state index contributed by atoms with van der Waals surface area (Å²) in [6.07, 6.45) is 0. The third-order valence-electron chi connectivity index (χ3n) is 3.63. The van der Waals surface area contributed by atoms with Crippen LogP contribution < -0.4 is 5.32 Å². The van der Waals surface area contributed by atoms with E-state index in [0.29, 0.717) is 5.69 Å². The molecule has 1 N–H and O–H groups in total. The van der Waals surface area contributed by atoms with Gasteiger partial charge in [-0.25, -0.2) is 8.42 Å². The lowest BCUT2D eigenvalue weighted by Gasteiger charge is -2.20. The summed E-state index contributed by atoms with van der Waals surface area (Å²) in [6, 6.07) is 12.1. The molecule has 134 valence electrons. The second-order valence-electron chi connectivity index (χ2n) is 5.81. The quantitative estimate of drug-likeness (QED) is 0.767. The number of likely N-dealkylation sites (N-methyl/N-ethyl adjacent to an activating group) is 1. The van der Waals surface area contributed by atoms with Crippen LogP contribution in [0, 0.1) is 13.8 Å². The van der Waals surface area contributed by atoms with E-state index < -0.39 is 10.0 Å². The Kier molecular flexibility index (Phi) is 6.37. The van der Waals surface area contributed by atoms with Gasteiger partial charge in [-0.1, -0.05) is 28.9 Å². The van der Waals surface area contributed by atoms with Crippen LogP contribution in [0.2, 0.25) is 0 Å². The van der Waals surface area contributed by atoms with Crippen LogP contribution in [0.15, 0.2) is 51.8 Å². The zero-order valence-electron chi connectivity index (χ0n) is 14.4. The number of hydrogen-bond donors (Lipinski definition) is 1. The van der Waals surface area contributed by atoms with Crippen LogP contribution in [0.5, 0.6) is 0 Å². The third kappa shape index (κ3) is 5.14. The van der Waals surface area contributed by atoms with Crippen molar-refractivity contribution in [1.29, 1.82) is 0 Å². The van der Waals surface area contributed by atoms with E-state index in [-0.39, 0.29) is 23.9 Å². The number of nitrogens with zero attached hydrogens (tertiary/aromatic N) is 1. The van der Waals surface area contributed by atoms with E-state index in [1.807, 2.05) is 32.0 Å². The summed E-state index contributed by atoms with van der Waals surface area (Å²) in [4.78, 5) is 12.5. The molecule has 2 aromatic carbocycles.